The van der Waals surface area contributed by atoms with Crippen LogP contribution in [0, 0.1) is 0 Å². The van der Waals surface area contributed by atoms with Gasteiger partial charge in [-0.2, -0.15) is 4.98 Å². The van der Waals surface area contributed by atoms with Crippen LogP contribution in [-0.4, -0.2) is 46.1 Å². The van der Waals surface area contributed by atoms with Crippen LogP contribution in [-0.2, 0) is 13.6 Å². The summed E-state index contributed by atoms with van der Waals surface area (Å²) >= 11 is 0. The van der Waals surface area contributed by atoms with Crippen molar-refractivity contribution in [2.24, 2.45) is 7.05 Å². The Bertz CT molecular complexity index is 896. The minimum atomic E-state index is -0.151. The van der Waals surface area contributed by atoms with Crippen LogP contribution in [0.4, 0.5) is 5.95 Å². The molecule has 1 aromatic carbocycles. The lowest BCUT2D eigenvalue weighted by atomic mass is 10.2. The quantitative estimate of drug-likeness (QED) is 0.712. The van der Waals surface area contributed by atoms with Gasteiger partial charge in [0.05, 0.1) is 36.1 Å². The number of aromatic nitrogens is 4. The molecule has 0 spiro atoms. The molecule has 8 heteroatoms. The van der Waals surface area contributed by atoms with Crippen molar-refractivity contribution >= 4 is 22.9 Å². The van der Waals surface area contributed by atoms with Crippen LogP contribution in [0.5, 0.6) is 6.01 Å². The zero-order valence-electron chi connectivity index (χ0n) is 14.8. The first-order valence-corrected chi connectivity index (χ1v) is 8.08. The van der Waals surface area contributed by atoms with Crippen molar-refractivity contribution in [1.82, 2.24) is 24.8 Å². The van der Waals surface area contributed by atoms with Crippen LogP contribution in [0.1, 0.15) is 23.0 Å². The van der Waals surface area contributed by atoms with E-state index in [-0.39, 0.29) is 5.91 Å². The number of benzene rings is 1. The molecule has 2 heterocycles. The molecular formula is C17H22N6O2. The number of carbonyl (C=O) groups is 1. The molecule has 0 saturated carbocycles. The third-order valence-electron chi connectivity index (χ3n) is 3.89. The molecule has 0 aliphatic carbocycles. The Morgan fingerprint density at radius 1 is 1.40 bits per heavy atom. The Hall–Kier alpha value is -3.03. The molecule has 8 nitrogen and oxygen atoms in total. The van der Waals surface area contributed by atoms with E-state index in [9.17, 15) is 4.79 Å². The maximum Gasteiger partial charge on any atom is 0.294 e. The number of anilines is 1. The normalized spacial score (nSPS) is 10.9. The first-order valence-electron chi connectivity index (χ1n) is 8.08. The van der Waals surface area contributed by atoms with Crippen molar-refractivity contribution in [3.63, 3.8) is 0 Å². The number of aromatic amines is 1. The maximum absolute atomic E-state index is 12.4. The number of fused-ring (bicyclic) bond motifs is 1. The summed E-state index contributed by atoms with van der Waals surface area (Å²) in [4.78, 5) is 26.1. The van der Waals surface area contributed by atoms with Gasteiger partial charge in [0.25, 0.3) is 11.9 Å². The van der Waals surface area contributed by atoms with Gasteiger partial charge in [0.2, 0.25) is 5.95 Å². The standard InChI is InChI=1S/C17H22N6O2/c1-5-25-16-20-13-7-6-11(8-14(13)21-16)15(24)18-9-12-10-19-17(22(2)3)23(12)4/h6-8,10H,5,9H2,1-4H3,(H,18,24)(H,20,21). The Morgan fingerprint density at radius 2 is 2.20 bits per heavy atom. The monoisotopic (exact) mass is 342 g/mol. The Kier molecular flexibility index (Phi) is 4.60. The lowest BCUT2D eigenvalue weighted by Gasteiger charge is -2.13. The number of hydrogen-bond donors (Lipinski definition) is 2. The molecule has 0 fully saturated rings. The molecule has 3 aromatic rings. The van der Waals surface area contributed by atoms with Gasteiger partial charge in [-0.25, -0.2) is 4.98 Å². The predicted octanol–water partition coefficient (Wildman–Crippen LogP) is 1.69. The van der Waals surface area contributed by atoms with Crippen molar-refractivity contribution in [2.75, 3.05) is 25.6 Å². The molecule has 0 radical (unpaired) electrons. The fourth-order valence-electron chi connectivity index (χ4n) is 2.62. The topological polar surface area (TPSA) is 88.1 Å². The summed E-state index contributed by atoms with van der Waals surface area (Å²) in [6.45, 7) is 2.83. The number of rotatable bonds is 6. The number of nitrogens with one attached hydrogen (secondary N) is 2. The van der Waals surface area contributed by atoms with E-state index in [1.54, 1.807) is 24.4 Å². The minimum absolute atomic E-state index is 0.151. The largest absolute Gasteiger partial charge is 0.465 e. The summed E-state index contributed by atoms with van der Waals surface area (Å²) in [6, 6.07) is 5.79. The number of hydrogen-bond acceptors (Lipinski definition) is 5. The number of H-pyrrole nitrogens is 1. The van der Waals surface area contributed by atoms with Gasteiger partial charge >= 0.3 is 0 Å². The van der Waals surface area contributed by atoms with E-state index in [1.165, 1.54) is 0 Å². The molecule has 0 bridgehead atoms. The van der Waals surface area contributed by atoms with Crippen LogP contribution in [0.15, 0.2) is 24.4 Å². The SMILES string of the molecule is CCOc1nc2ccc(C(=O)NCc3cnc(N(C)C)n3C)cc2[nH]1. The van der Waals surface area contributed by atoms with Crippen LogP contribution in [0.2, 0.25) is 0 Å². The van der Waals surface area contributed by atoms with Crippen LogP contribution >= 0.6 is 0 Å². The average Bonchev–Trinajstić information content (AvgIpc) is 3.15. The number of imidazole rings is 2. The second-order valence-corrected chi connectivity index (χ2v) is 5.89. The third kappa shape index (κ3) is 3.42. The summed E-state index contributed by atoms with van der Waals surface area (Å²) in [5.74, 6) is 0.689. The van der Waals surface area contributed by atoms with E-state index in [1.807, 2.05) is 37.5 Å². The Morgan fingerprint density at radius 3 is 2.88 bits per heavy atom. The smallest absolute Gasteiger partial charge is 0.294 e. The molecule has 0 aliphatic rings. The molecule has 0 atom stereocenters. The molecule has 0 saturated heterocycles. The fraction of sp³-hybridized carbons (Fsp3) is 0.353. The lowest BCUT2D eigenvalue weighted by molar-refractivity contribution is 0.0950. The minimum Gasteiger partial charge on any atom is -0.465 e. The molecule has 0 aliphatic heterocycles. The number of ether oxygens (including phenoxy) is 1. The maximum atomic E-state index is 12.4. The molecule has 1 amide bonds. The van der Waals surface area contributed by atoms with Crippen LogP contribution < -0.4 is 15.0 Å². The van der Waals surface area contributed by atoms with Gasteiger partial charge in [-0.05, 0) is 25.1 Å². The highest BCUT2D eigenvalue weighted by Gasteiger charge is 2.12. The zero-order chi connectivity index (χ0) is 18.0. The highest BCUT2D eigenvalue weighted by Crippen LogP contribution is 2.18. The van der Waals surface area contributed by atoms with E-state index in [4.69, 9.17) is 4.74 Å². The van der Waals surface area contributed by atoms with Gasteiger partial charge in [0.15, 0.2) is 0 Å². The first kappa shape index (κ1) is 16.8. The van der Waals surface area contributed by atoms with Crippen molar-refractivity contribution < 1.29 is 9.53 Å². The average molecular weight is 342 g/mol. The molecule has 25 heavy (non-hydrogen) atoms. The number of carbonyl (C=O) groups excluding carboxylic acids is 1. The van der Waals surface area contributed by atoms with Gasteiger partial charge < -0.3 is 24.5 Å². The molecule has 132 valence electrons. The summed E-state index contributed by atoms with van der Waals surface area (Å²) in [7, 11) is 5.79. The third-order valence-corrected chi connectivity index (χ3v) is 3.89. The second kappa shape index (κ2) is 6.84. The van der Waals surface area contributed by atoms with Crippen molar-refractivity contribution in [3.05, 3.63) is 35.7 Å². The van der Waals surface area contributed by atoms with Gasteiger partial charge in [0, 0.05) is 26.7 Å². The van der Waals surface area contributed by atoms with E-state index in [2.05, 4.69) is 20.3 Å². The van der Waals surface area contributed by atoms with E-state index in [0.717, 1.165) is 22.7 Å². The molecule has 2 aromatic heterocycles. The molecule has 0 unspecified atom stereocenters. The zero-order valence-corrected chi connectivity index (χ0v) is 14.8. The highest BCUT2D eigenvalue weighted by molar-refractivity contribution is 5.97. The molecule has 2 N–H and O–H groups in total. The number of nitrogens with zero attached hydrogens (tertiary/aromatic N) is 4. The summed E-state index contributed by atoms with van der Waals surface area (Å²) in [5, 5.41) is 2.92. The van der Waals surface area contributed by atoms with Crippen LogP contribution in [0.25, 0.3) is 11.0 Å². The molecular weight excluding hydrogens is 320 g/mol. The second-order valence-electron chi connectivity index (χ2n) is 5.89. The van der Waals surface area contributed by atoms with E-state index in [0.29, 0.717) is 24.7 Å². The van der Waals surface area contributed by atoms with Gasteiger partial charge in [-0.3, -0.25) is 4.79 Å². The molecule has 3 rings (SSSR count). The summed E-state index contributed by atoms with van der Waals surface area (Å²) in [6.07, 6.45) is 1.77. The Labute approximate surface area is 145 Å². The van der Waals surface area contributed by atoms with Crippen molar-refractivity contribution in [3.8, 4) is 6.01 Å². The van der Waals surface area contributed by atoms with Crippen LogP contribution in [0.3, 0.4) is 0 Å². The Balaban J connectivity index is 1.71. The summed E-state index contributed by atoms with van der Waals surface area (Å²) < 4.78 is 7.30. The van der Waals surface area contributed by atoms with Gasteiger partial charge in [-0.1, -0.05) is 0 Å². The predicted molar refractivity (Wildman–Crippen MR) is 96.0 cm³/mol. The van der Waals surface area contributed by atoms with Gasteiger partial charge in [0.1, 0.15) is 0 Å². The number of amides is 1. The lowest BCUT2D eigenvalue weighted by Crippen LogP contribution is -2.24. The summed E-state index contributed by atoms with van der Waals surface area (Å²) in [5.41, 5.74) is 3.03. The van der Waals surface area contributed by atoms with Crippen molar-refractivity contribution in [2.45, 2.75) is 13.5 Å². The van der Waals surface area contributed by atoms with Gasteiger partial charge in [-0.15, -0.1) is 0 Å². The van der Waals surface area contributed by atoms with E-state index >= 15 is 0 Å². The first-order chi connectivity index (χ1) is 12.0. The van der Waals surface area contributed by atoms with E-state index < -0.39 is 0 Å². The highest BCUT2D eigenvalue weighted by atomic mass is 16.5. The fourth-order valence-corrected chi connectivity index (χ4v) is 2.62. The van der Waals surface area contributed by atoms with Crippen molar-refractivity contribution in [1.29, 1.82) is 0 Å².